The number of hydrogen-bond acceptors (Lipinski definition) is 2. The number of phenols is 1. The molecule has 0 amide bonds. The molecular weight excluding hydrogens is 212 g/mol. The van der Waals surface area contributed by atoms with Gasteiger partial charge in [0.1, 0.15) is 5.75 Å². The molecule has 1 atom stereocenters. The van der Waals surface area contributed by atoms with Crippen LogP contribution in [0.2, 0.25) is 0 Å². The van der Waals surface area contributed by atoms with Crippen molar-refractivity contribution in [3.63, 3.8) is 0 Å². The molecule has 0 radical (unpaired) electrons. The van der Waals surface area contributed by atoms with Gasteiger partial charge in [-0.05, 0) is 18.4 Å². The second-order valence-corrected chi connectivity index (χ2v) is 4.56. The van der Waals surface area contributed by atoms with E-state index in [4.69, 9.17) is 4.74 Å². The van der Waals surface area contributed by atoms with E-state index in [1.54, 1.807) is 6.07 Å². The van der Waals surface area contributed by atoms with E-state index in [0.717, 1.165) is 12.2 Å². The standard InChI is InChI=1S/C15H24O2/c1-3-5-8-13(4-2)11-17-12-14-9-6-7-10-15(14)16/h6-7,9-10,13,16H,3-5,8,11-12H2,1-2H3. The van der Waals surface area contributed by atoms with Crippen LogP contribution in [-0.2, 0) is 11.3 Å². The second kappa shape index (κ2) is 8.13. The van der Waals surface area contributed by atoms with Crippen LogP contribution in [0.1, 0.15) is 45.1 Å². The third kappa shape index (κ3) is 5.22. The lowest BCUT2D eigenvalue weighted by Gasteiger charge is -2.14. The maximum Gasteiger partial charge on any atom is 0.121 e. The van der Waals surface area contributed by atoms with Crippen LogP contribution in [0.3, 0.4) is 0 Å². The summed E-state index contributed by atoms with van der Waals surface area (Å²) in [5, 5.41) is 9.59. The molecular formula is C15H24O2. The molecule has 0 aromatic heterocycles. The Hall–Kier alpha value is -1.02. The van der Waals surface area contributed by atoms with E-state index in [1.165, 1.54) is 25.7 Å². The van der Waals surface area contributed by atoms with Crippen LogP contribution >= 0.6 is 0 Å². The molecule has 0 aliphatic carbocycles. The number of unbranched alkanes of at least 4 members (excludes halogenated alkanes) is 1. The fraction of sp³-hybridized carbons (Fsp3) is 0.600. The van der Waals surface area contributed by atoms with Gasteiger partial charge in [0, 0.05) is 12.2 Å². The summed E-state index contributed by atoms with van der Waals surface area (Å²) in [6.45, 7) is 5.74. The summed E-state index contributed by atoms with van der Waals surface area (Å²) in [4.78, 5) is 0. The Morgan fingerprint density at radius 2 is 2.00 bits per heavy atom. The van der Waals surface area contributed by atoms with Gasteiger partial charge in [-0.1, -0.05) is 51.3 Å². The van der Waals surface area contributed by atoms with Crippen LogP contribution in [0.4, 0.5) is 0 Å². The van der Waals surface area contributed by atoms with Gasteiger partial charge in [0.2, 0.25) is 0 Å². The zero-order chi connectivity index (χ0) is 12.5. The van der Waals surface area contributed by atoms with Gasteiger partial charge in [0.15, 0.2) is 0 Å². The Kier molecular flexibility index (Phi) is 6.71. The summed E-state index contributed by atoms with van der Waals surface area (Å²) in [5.74, 6) is 0.981. The first-order chi connectivity index (χ1) is 8.27. The molecule has 0 aliphatic rings. The van der Waals surface area contributed by atoms with Crippen LogP contribution in [0.15, 0.2) is 24.3 Å². The highest BCUT2D eigenvalue weighted by Gasteiger charge is 2.06. The highest BCUT2D eigenvalue weighted by Crippen LogP contribution is 2.18. The van der Waals surface area contributed by atoms with Crippen molar-refractivity contribution < 1.29 is 9.84 Å². The van der Waals surface area contributed by atoms with Gasteiger partial charge in [-0.3, -0.25) is 0 Å². The average molecular weight is 236 g/mol. The number of hydrogen-bond donors (Lipinski definition) is 1. The van der Waals surface area contributed by atoms with Gasteiger partial charge in [-0.15, -0.1) is 0 Å². The molecule has 0 fully saturated rings. The number of aromatic hydroxyl groups is 1. The topological polar surface area (TPSA) is 29.5 Å². The number of benzene rings is 1. The van der Waals surface area contributed by atoms with E-state index in [1.807, 2.05) is 18.2 Å². The highest BCUT2D eigenvalue weighted by atomic mass is 16.5. The molecule has 0 heterocycles. The van der Waals surface area contributed by atoms with Gasteiger partial charge < -0.3 is 9.84 Å². The normalized spacial score (nSPS) is 12.6. The molecule has 0 saturated carbocycles. The van der Waals surface area contributed by atoms with E-state index >= 15 is 0 Å². The van der Waals surface area contributed by atoms with Crippen molar-refractivity contribution in [2.45, 2.75) is 46.1 Å². The lowest BCUT2D eigenvalue weighted by molar-refractivity contribution is 0.0807. The number of ether oxygens (including phenoxy) is 1. The van der Waals surface area contributed by atoms with Crippen LogP contribution in [0.5, 0.6) is 5.75 Å². The van der Waals surface area contributed by atoms with Gasteiger partial charge in [-0.25, -0.2) is 0 Å². The van der Waals surface area contributed by atoms with Crippen molar-refractivity contribution in [1.29, 1.82) is 0 Å². The summed E-state index contributed by atoms with van der Waals surface area (Å²) in [6, 6.07) is 7.36. The van der Waals surface area contributed by atoms with Crippen molar-refractivity contribution in [2.75, 3.05) is 6.61 Å². The van der Waals surface area contributed by atoms with E-state index < -0.39 is 0 Å². The second-order valence-electron chi connectivity index (χ2n) is 4.56. The summed E-state index contributed by atoms with van der Waals surface area (Å²) >= 11 is 0. The molecule has 1 unspecified atom stereocenters. The largest absolute Gasteiger partial charge is 0.508 e. The van der Waals surface area contributed by atoms with E-state index in [0.29, 0.717) is 18.3 Å². The Morgan fingerprint density at radius 1 is 1.24 bits per heavy atom. The summed E-state index contributed by atoms with van der Waals surface area (Å²) in [7, 11) is 0. The van der Waals surface area contributed by atoms with Crippen molar-refractivity contribution in [1.82, 2.24) is 0 Å². The Balaban J connectivity index is 2.28. The SMILES string of the molecule is CCCCC(CC)COCc1ccccc1O. The van der Waals surface area contributed by atoms with Gasteiger partial charge in [-0.2, -0.15) is 0 Å². The van der Waals surface area contributed by atoms with Crippen molar-refractivity contribution >= 4 is 0 Å². The minimum absolute atomic E-state index is 0.328. The van der Waals surface area contributed by atoms with Crippen LogP contribution < -0.4 is 0 Å². The van der Waals surface area contributed by atoms with E-state index in [2.05, 4.69) is 13.8 Å². The zero-order valence-electron chi connectivity index (χ0n) is 11.0. The van der Waals surface area contributed by atoms with Crippen LogP contribution in [-0.4, -0.2) is 11.7 Å². The number of para-hydroxylation sites is 1. The molecule has 96 valence electrons. The average Bonchev–Trinajstić information content (AvgIpc) is 2.35. The summed E-state index contributed by atoms with van der Waals surface area (Å²) < 4.78 is 5.69. The fourth-order valence-electron chi connectivity index (χ4n) is 1.87. The first-order valence-corrected chi connectivity index (χ1v) is 6.62. The molecule has 0 bridgehead atoms. The predicted octanol–water partition coefficient (Wildman–Crippen LogP) is 4.13. The third-order valence-electron chi connectivity index (χ3n) is 3.15. The molecule has 1 rings (SSSR count). The Morgan fingerprint density at radius 3 is 2.65 bits per heavy atom. The fourth-order valence-corrected chi connectivity index (χ4v) is 1.87. The Bertz CT molecular complexity index is 310. The third-order valence-corrected chi connectivity index (χ3v) is 3.15. The predicted molar refractivity (Wildman–Crippen MR) is 71.1 cm³/mol. The molecule has 0 aliphatic heterocycles. The molecule has 2 nitrogen and oxygen atoms in total. The minimum Gasteiger partial charge on any atom is -0.508 e. The number of rotatable bonds is 8. The monoisotopic (exact) mass is 236 g/mol. The van der Waals surface area contributed by atoms with Crippen molar-refractivity contribution in [3.8, 4) is 5.75 Å². The molecule has 0 saturated heterocycles. The van der Waals surface area contributed by atoms with Crippen molar-refractivity contribution in [3.05, 3.63) is 29.8 Å². The van der Waals surface area contributed by atoms with E-state index in [9.17, 15) is 5.11 Å². The first kappa shape index (κ1) is 14.0. The molecule has 1 aromatic carbocycles. The van der Waals surface area contributed by atoms with Crippen LogP contribution in [0.25, 0.3) is 0 Å². The summed E-state index contributed by atoms with van der Waals surface area (Å²) in [5.41, 5.74) is 0.873. The Labute approximate surface area is 105 Å². The zero-order valence-corrected chi connectivity index (χ0v) is 11.0. The lowest BCUT2D eigenvalue weighted by Crippen LogP contribution is -2.08. The van der Waals surface area contributed by atoms with Gasteiger partial charge in [0.25, 0.3) is 0 Å². The maximum atomic E-state index is 9.59. The van der Waals surface area contributed by atoms with E-state index in [-0.39, 0.29) is 0 Å². The quantitative estimate of drug-likeness (QED) is 0.735. The van der Waals surface area contributed by atoms with Gasteiger partial charge >= 0.3 is 0 Å². The smallest absolute Gasteiger partial charge is 0.121 e. The highest BCUT2D eigenvalue weighted by molar-refractivity contribution is 5.30. The molecule has 2 heteroatoms. The molecule has 1 N–H and O–H groups in total. The molecule has 0 spiro atoms. The van der Waals surface area contributed by atoms with Gasteiger partial charge in [0.05, 0.1) is 6.61 Å². The molecule has 17 heavy (non-hydrogen) atoms. The van der Waals surface area contributed by atoms with Crippen LogP contribution in [0, 0.1) is 5.92 Å². The number of phenolic OH excluding ortho intramolecular Hbond substituents is 1. The molecule has 1 aromatic rings. The minimum atomic E-state index is 0.328. The summed E-state index contributed by atoms with van der Waals surface area (Å²) in [6.07, 6.45) is 4.93. The first-order valence-electron chi connectivity index (χ1n) is 6.62. The van der Waals surface area contributed by atoms with Crippen molar-refractivity contribution in [2.24, 2.45) is 5.92 Å². The lowest BCUT2D eigenvalue weighted by atomic mass is 10.0. The maximum absolute atomic E-state index is 9.59.